The lowest BCUT2D eigenvalue weighted by Crippen LogP contribution is -2.49. The second kappa shape index (κ2) is 5.79. The maximum atomic E-state index is 13.5. The number of likely N-dealkylation sites (N-methyl/N-ethyl adjacent to an activating group) is 1. The quantitative estimate of drug-likeness (QED) is 0.858. The predicted molar refractivity (Wildman–Crippen MR) is 76.2 cm³/mol. The Morgan fingerprint density at radius 3 is 2.80 bits per heavy atom. The molecule has 0 amide bonds. The number of esters is 1. The van der Waals surface area contributed by atoms with Crippen molar-refractivity contribution < 1.29 is 13.9 Å². The molecule has 1 fully saturated rings. The zero-order valence-corrected chi connectivity index (χ0v) is 12.2. The Morgan fingerprint density at radius 2 is 2.25 bits per heavy atom. The fraction of sp³-hybridized carbons (Fsp3) is 0.533. The van der Waals surface area contributed by atoms with E-state index in [9.17, 15) is 9.18 Å². The van der Waals surface area contributed by atoms with E-state index < -0.39 is 5.54 Å². The number of hydrogen-bond donors (Lipinski definition) is 1. The monoisotopic (exact) mass is 280 g/mol. The van der Waals surface area contributed by atoms with Crippen molar-refractivity contribution in [2.45, 2.75) is 25.8 Å². The van der Waals surface area contributed by atoms with Crippen LogP contribution in [0.4, 0.5) is 10.1 Å². The Hall–Kier alpha value is -1.62. The van der Waals surface area contributed by atoms with E-state index in [0.717, 1.165) is 12.1 Å². The minimum absolute atomic E-state index is 0.272. The van der Waals surface area contributed by atoms with Crippen LogP contribution in [0.15, 0.2) is 18.2 Å². The van der Waals surface area contributed by atoms with Crippen LogP contribution >= 0.6 is 0 Å². The standard InChI is InChI=1S/C15H21FN2O2/c1-4-20-14(19)15(5-6-18(3)10-15)17-13-8-11(2)7-12(16)9-13/h7-9,17H,4-6,10H2,1-3H3. The van der Waals surface area contributed by atoms with Crippen molar-refractivity contribution in [1.82, 2.24) is 4.90 Å². The first-order chi connectivity index (χ1) is 9.45. The molecule has 1 aromatic rings. The van der Waals surface area contributed by atoms with Crippen LogP contribution in [0.3, 0.4) is 0 Å². The highest BCUT2D eigenvalue weighted by Crippen LogP contribution is 2.28. The molecular formula is C15H21FN2O2. The van der Waals surface area contributed by atoms with E-state index in [1.165, 1.54) is 12.1 Å². The van der Waals surface area contributed by atoms with Crippen LogP contribution < -0.4 is 5.32 Å². The smallest absolute Gasteiger partial charge is 0.333 e. The summed E-state index contributed by atoms with van der Waals surface area (Å²) in [6.45, 7) is 5.32. The SMILES string of the molecule is CCOC(=O)C1(Nc2cc(C)cc(F)c2)CCN(C)C1. The highest BCUT2D eigenvalue weighted by molar-refractivity contribution is 5.85. The number of anilines is 1. The van der Waals surface area contributed by atoms with Gasteiger partial charge in [0.2, 0.25) is 0 Å². The van der Waals surface area contributed by atoms with Crippen molar-refractivity contribution in [3.05, 3.63) is 29.6 Å². The largest absolute Gasteiger partial charge is 0.464 e. The third-order valence-corrected chi connectivity index (χ3v) is 3.55. The topological polar surface area (TPSA) is 41.6 Å². The lowest BCUT2D eigenvalue weighted by atomic mass is 9.98. The van der Waals surface area contributed by atoms with Gasteiger partial charge < -0.3 is 15.0 Å². The van der Waals surface area contributed by atoms with Gasteiger partial charge in [0.1, 0.15) is 11.4 Å². The van der Waals surface area contributed by atoms with E-state index in [4.69, 9.17) is 4.74 Å². The third kappa shape index (κ3) is 3.10. The maximum Gasteiger partial charge on any atom is 0.333 e. The van der Waals surface area contributed by atoms with Gasteiger partial charge in [-0.1, -0.05) is 0 Å². The van der Waals surface area contributed by atoms with Gasteiger partial charge in [0, 0.05) is 18.8 Å². The highest BCUT2D eigenvalue weighted by Gasteiger charge is 2.45. The number of ether oxygens (including phenoxy) is 1. The van der Waals surface area contributed by atoms with Gasteiger partial charge in [-0.3, -0.25) is 0 Å². The molecule has 0 bridgehead atoms. The van der Waals surface area contributed by atoms with Gasteiger partial charge in [-0.2, -0.15) is 0 Å². The average molecular weight is 280 g/mol. The number of benzene rings is 1. The Morgan fingerprint density at radius 1 is 1.50 bits per heavy atom. The number of halogens is 1. The Kier molecular flexibility index (Phi) is 4.28. The molecule has 1 aliphatic heterocycles. The van der Waals surface area contributed by atoms with Crippen molar-refractivity contribution in [3.63, 3.8) is 0 Å². The summed E-state index contributed by atoms with van der Waals surface area (Å²) in [5.74, 6) is -0.580. The lowest BCUT2D eigenvalue weighted by Gasteiger charge is -2.29. The number of carbonyl (C=O) groups is 1. The first-order valence-electron chi connectivity index (χ1n) is 6.86. The molecule has 20 heavy (non-hydrogen) atoms. The molecule has 110 valence electrons. The van der Waals surface area contributed by atoms with Crippen LogP contribution in [0.5, 0.6) is 0 Å². The first kappa shape index (κ1) is 14.8. The molecule has 1 heterocycles. The van der Waals surface area contributed by atoms with Crippen molar-refractivity contribution in [3.8, 4) is 0 Å². The second-order valence-corrected chi connectivity index (χ2v) is 5.43. The zero-order valence-electron chi connectivity index (χ0n) is 12.2. The summed E-state index contributed by atoms with van der Waals surface area (Å²) in [5, 5.41) is 3.19. The van der Waals surface area contributed by atoms with E-state index >= 15 is 0 Å². The van der Waals surface area contributed by atoms with Gasteiger partial charge in [-0.05, 0) is 51.1 Å². The predicted octanol–water partition coefficient (Wildman–Crippen LogP) is 2.18. The Bertz CT molecular complexity index is 486. The Labute approximate surface area is 118 Å². The van der Waals surface area contributed by atoms with Crippen LogP contribution in [0, 0.1) is 12.7 Å². The summed E-state index contributed by atoms with van der Waals surface area (Å²) in [7, 11) is 1.96. The van der Waals surface area contributed by atoms with Gasteiger partial charge in [0.15, 0.2) is 0 Å². The highest BCUT2D eigenvalue weighted by atomic mass is 19.1. The summed E-state index contributed by atoms with van der Waals surface area (Å²) in [6.07, 6.45) is 0.651. The molecule has 0 spiro atoms. The molecule has 0 aromatic heterocycles. The first-order valence-corrected chi connectivity index (χ1v) is 6.86. The van der Waals surface area contributed by atoms with E-state index in [1.807, 2.05) is 20.0 Å². The third-order valence-electron chi connectivity index (χ3n) is 3.55. The maximum absolute atomic E-state index is 13.5. The van der Waals surface area contributed by atoms with Gasteiger partial charge in [0.25, 0.3) is 0 Å². The number of nitrogens with one attached hydrogen (secondary N) is 1. The molecule has 1 saturated heterocycles. The number of nitrogens with zero attached hydrogens (tertiary/aromatic N) is 1. The van der Waals surface area contributed by atoms with Gasteiger partial charge in [-0.25, -0.2) is 9.18 Å². The number of carbonyl (C=O) groups excluding carboxylic acids is 1. The van der Waals surface area contributed by atoms with Gasteiger partial charge in [-0.15, -0.1) is 0 Å². The molecule has 1 atom stereocenters. The van der Waals surface area contributed by atoms with Crippen molar-refractivity contribution in [2.24, 2.45) is 0 Å². The van der Waals surface area contributed by atoms with E-state index in [0.29, 0.717) is 25.3 Å². The molecule has 4 nitrogen and oxygen atoms in total. The zero-order chi connectivity index (χ0) is 14.8. The van der Waals surface area contributed by atoms with Crippen LogP contribution in [-0.4, -0.2) is 43.2 Å². The molecular weight excluding hydrogens is 259 g/mol. The summed E-state index contributed by atoms with van der Waals surface area (Å²) in [6, 6.07) is 4.71. The van der Waals surface area contributed by atoms with E-state index in [1.54, 1.807) is 6.92 Å². The normalized spacial score (nSPS) is 22.8. The van der Waals surface area contributed by atoms with Crippen molar-refractivity contribution in [2.75, 3.05) is 32.1 Å². The van der Waals surface area contributed by atoms with Crippen molar-refractivity contribution in [1.29, 1.82) is 0 Å². The van der Waals surface area contributed by atoms with Crippen LogP contribution in [0.2, 0.25) is 0 Å². The number of rotatable bonds is 4. The number of likely N-dealkylation sites (tertiary alicyclic amines) is 1. The molecule has 1 aromatic carbocycles. The fourth-order valence-electron chi connectivity index (χ4n) is 2.67. The molecule has 0 saturated carbocycles. The van der Waals surface area contributed by atoms with Crippen LogP contribution in [0.25, 0.3) is 0 Å². The number of hydrogen-bond acceptors (Lipinski definition) is 4. The number of aryl methyl sites for hydroxylation is 1. The summed E-state index contributed by atoms with van der Waals surface area (Å²) in [4.78, 5) is 14.3. The van der Waals surface area contributed by atoms with Gasteiger partial charge >= 0.3 is 5.97 Å². The minimum Gasteiger partial charge on any atom is -0.464 e. The average Bonchev–Trinajstić information content (AvgIpc) is 2.71. The molecule has 5 heteroatoms. The second-order valence-electron chi connectivity index (χ2n) is 5.43. The van der Waals surface area contributed by atoms with Crippen molar-refractivity contribution >= 4 is 11.7 Å². The van der Waals surface area contributed by atoms with E-state index in [-0.39, 0.29) is 11.8 Å². The molecule has 0 aliphatic carbocycles. The molecule has 1 aliphatic rings. The summed E-state index contributed by atoms with van der Waals surface area (Å²) >= 11 is 0. The summed E-state index contributed by atoms with van der Waals surface area (Å²) in [5.41, 5.74) is 0.647. The molecule has 1 N–H and O–H groups in total. The molecule has 2 rings (SSSR count). The van der Waals surface area contributed by atoms with Crippen LogP contribution in [0.1, 0.15) is 18.9 Å². The van der Waals surface area contributed by atoms with Gasteiger partial charge in [0.05, 0.1) is 6.61 Å². The minimum atomic E-state index is -0.787. The Balaban J connectivity index is 2.26. The van der Waals surface area contributed by atoms with Crippen LogP contribution in [-0.2, 0) is 9.53 Å². The summed E-state index contributed by atoms with van der Waals surface area (Å²) < 4.78 is 18.7. The molecule has 0 radical (unpaired) electrons. The van der Waals surface area contributed by atoms with E-state index in [2.05, 4.69) is 10.2 Å². The lowest BCUT2D eigenvalue weighted by molar-refractivity contribution is -0.148. The molecule has 1 unspecified atom stereocenters. The fourth-order valence-corrected chi connectivity index (χ4v) is 2.67.